The van der Waals surface area contributed by atoms with Crippen LogP contribution in [0.2, 0.25) is 0 Å². The number of benzene rings is 1. The maximum absolute atomic E-state index is 11.0. The Bertz CT molecular complexity index is 346. The van der Waals surface area contributed by atoms with Gasteiger partial charge in [0.1, 0.15) is 0 Å². The zero-order valence-corrected chi connectivity index (χ0v) is 8.68. The average molecular weight is 210 g/mol. The van der Waals surface area contributed by atoms with Crippen LogP contribution in [-0.2, 0) is 4.79 Å². The first kappa shape index (κ1) is 11.5. The molecule has 0 fully saturated rings. The van der Waals surface area contributed by atoms with E-state index in [1.165, 1.54) is 6.07 Å². The molecule has 1 aromatic carbocycles. The number of hydrogen-bond acceptors (Lipinski definition) is 3. The van der Waals surface area contributed by atoms with Crippen LogP contribution in [0.15, 0.2) is 24.3 Å². The molecule has 4 nitrogen and oxygen atoms in total. The summed E-state index contributed by atoms with van der Waals surface area (Å²) in [5.74, 6) is -1.23. The van der Waals surface area contributed by atoms with Crippen molar-refractivity contribution in [3.8, 4) is 5.75 Å². The predicted octanol–water partition coefficient (Wildman–Crippen LogP) is 2.36. The van der Waals surface area contributed by atoms with Crippen LogP contribution >= 0.6 is 0 Å². The molecule has 0 amide bonds. The Balaban J connectivity index is 3.05. The Labute approximate surface area is 88.0 Å². The highest BCUT2D eigenvalue weighted by Crippen LogP contribution is 2.27. The SMILES string of the molecule is CC(C)C(C(=O)O)c1cccc(OO)c1. The topological polar surface area (TPSA) is 66.8 Å². The lowest BCUT2D eigenvalue weighted by atomic mass is 9.88. The van der Waals surface area contributed by atoms with E-state index in [1.54, 1.807) is 18.2 Å². The van der Waals surface area contributed by atoms with E-state index in [1.807, 2.05) is 13.8 Å². The zero-order valence-electron chi connectivity index (χ0n) is 8.68. The fourth-order valence-electron chi connectivity index (χ4n) is 1.58. The average Bonchev–Trinajstić information content (AvgIpc) is 2.17. The van der Waals surface area contributed by atoms with Gasteiger partial charge in [-0.3, -0.25) is 4.79 Å². The van der Waals surface area contributed by atoms with Gasteiger partial charge in [-0.1, -0.05) is 26.0 Å². The first-order valence-corrected chi connectivity index (χ1v) is 4.70. The number of aliphatic carboxylic acids is 1. The lowest BCUT2D eigenvalue weighted by Crippen LogP contribution is -2.17. The molecule has 1 rings (SSSR count). The molecule has 1 atom stereocenters. The summed E-state index contributed by atoms with van der Waals surface area (Å²) in [6, 6.07) is 6.45. The van der Waals surface area contributed by atoms with Crippen LogP contribution in [0, 0.1) is 5.92 Å². The molecule has 0 aliphatic heterocycles. The summed E-state index contributed by atoms with van der Waals surface area (Å²) in [7, 11) is 0. The standard InChI is InChI=1S/C11H14O4/c1-7(2)10(11(12)13)8-4-3-5-9(6-8)15-14/h3-7,10,14H,1-2H3,(H,12,13). The van der Waals surface area contributed by atoms with Gasteiger partial charge >= 0.3 is 5.97 Å². The van der Waals surface area contributed by atoms with Gasteiger partial charge in [0.2, 0.25) is 0 Å². The van der Waals surface area contributed by atoms with Gasteiger partial charge in [-0.05, 0) is 23.6 Å². The van der Waals surface area contributed by atoms with Crippen LogP contribution in [0.5, 0.6) is 5.75 Å². The normalized spacial score (nSPS) is 12.5. The second-order valence-corrected chi connectivity index (χ2v) is 3.72. The highest BCUT2D eigenvalue weighted by atomic mass is 17.1. The molecule has 82 valence electrons. The van der Waals surface area contributed by atoms with E-state index in [9.17, 15) is 4.79 Å². The molecule has 0 spiro atoms. The Morgan fingerprint density at radius 3 is 2.53 bits per heavy atom. The van der Waals surface area contributed by atoms with Crippen LogP contribution in [0.4, 0.5) is 0 Å². The molecular formula is C11H14O4. The van der Waals surface area contributed by atoms with Crippen molar-refractivity contribution in [3.05, 3.63) is 29.8 Å². The minimum absolute atomic E-state index is 0.0172. The van der Waals surface area contributed by atoms with Crippen molar-refractivity contribution in [1.82, 2.24) is 0 Å². The predicted molar refractivity (Wildman–Crippen MR) is 54.9 cm³/mol. The Hall–Kier alpha value is -1.55. The third-order valence-electron chi connectivity index (χ3n) is 2.26. The molecule has 0 bridgehead atoms. The van der Waals surface area contributed by atoms with Gasteiger partial charge in [0.25, 0.3) is 0 Å². The van der Waals surface area contributed by atoms with Gasteiger partial charge in [0, 0.05) is 0 Å². The highest BCUT2D eigenvalue weighted by molar-refractivity contribution is 5.76. The maximum Gasteiger partial charge on any atom is 0.311 e. The first-order valence-electron chi connectivity index (χ1n) is 4.70. The molecule has 1 unspecified atom stereocenters. The molecule has 0 heterocycles. The highest BCUT2D eigenvalue weighted by Gasteiger charge is 2.23. The Morgan fingerprint density at radius 1 is 1.40 bits per heavy atom. The van der Waals surface area contributed by atoms with Gasteiger partial charge in [-0.2, -0.15) is 0 Å². The number of rotatable bonds is 4. The molecule has 15 heavy (non-hydrogen) atoms. The van der Waals surface area contributed by atoms with Gasteiger partial charge in [-0.25, -0.2) is 5.26 Å². The second kappa shape index (κ2) is 4.79. The molecule has 0 aliphatic rings. The third kappa shape index (κ3) is 2.70. The van der Waals surface area contributed by atoms with E-state index < -0.39 is 11.9 Å². The minimum Gasteiger partial charge on any atom is -0.481 e. The van der Waals surface area contributed by atoms with E-state index in [4.69, 9.17) is 10.4 Å². The van der Waals surface area contributed by atoms with Gasteiger partial charge in [0.05, 0.1) is 5.92 Å². The van der Waals surface area contributed by atoms with E-state index in [-0.39, 0.29) is 11.7 Å². The summed E-state index contributed by atoms with van der Waals surface area (Å²) < 4.78 is 0. The molecule has 0 aromatic heterocycles. The second-order valence-electron chi connectivity index (χ2n) is 3.72. The van der Waals surface area contributed by atoms with Gasteiger partial charge < -0.3 is 9.99 Å². The lowest BCUT2D eigenvalue weighted by Gasteiger charge is -2.16. The summed E-state index contributed by atoms with van der Waals surface area (Å²) in [5, 5.41) is 17.5. The monoisotopic (exact) mass is 210 g/mol. The van der Waals surface area contributed by atoms with Crippen molar-refractivity contribution in [1.29, 1.82) is 0 Å². The fraction of sp³-hybridized carbons (Fsp3) is 0.364. The van der Waals surface area contributed by atoms with E-state index in [0.717, 1.165) is 0 Å². The van der Waals surface area contributed by atoms with E-state index in [2.05, 4.69) is 4.89 Å². The quantitative estimate of drug-likeness (QED) is 0.591. The fourth-order valence-corrected chi connectivity index (χ4v) is 1.58. The molecule has 0 radical (unpaired) electrons. The van der Waals surface area contributed by atoms with Crippen LogP contribution in [0.1, 0.15) is 25.3 Å². The van der Waals surface area contributed by atoms with E-state index in [0.29, 0.717) is 5.56 Å². The first-order chi connectivity index (χ1) is 7.06. The van der Waals surface area contributed by atoms with Crippen molar-refractivity contribution in [2.45, 2.75) is 19.8 Å². The molecule has 1 aromatic rings. The summed E-state index contributed by atoms with van der Waals surface area (Å²) in [5.41, 5.74) is 0.629. The van der Waals surface area contributed by atoms with Crippen LogP contribution < -0.4 is 4.89 Å². The Morgan fingerprint density at radius 2 is 2.07 bits per heavy atom. The number of carboxylic acid groups (broad SMARTS) is 1. The molecular weight excluding hydrogens is 196 g/mol. The van der Waals surface area contributed by atoms with Gasteiger partial charge in [0.15, 0.2) is 5.75 Å². The van der Waals surface area contributed by atoms with Crippen molar-refractivity contribution in [2.75, 3.05) is 0 Å². The Kier molecular flexibility index (Phi) is 3.68. The molecule has 2 N–H and O–H groups in total. The molecule has 0 saturated carbocycles. The smallest absolute Gasteiger partial charge is 0.311 e. The summed E-state index contributed by atoms with van der Waals surface area (Å²) in [6.07, 6.45) is 0. The number of carbonyl (C=O) groups is 1. The largest absolute Gasteiger partial charge is 0.481 e. The summed E-state index contributed by atoms with van der Waals surface area (Å²) in [4.78, 5) is 15.1. The van der Waals surface area contributed by atoms with Crippen LogP contribution in [-0.4, -0.2) is 16.3 Å². The minimum atomic E-state index is -0.875. The molecule has 4 heteroatoms. The van der Waals surface area contributed by atoms with Crippen molar-refractivity contribution >= 4 is 5.97 Å². The molecule has 0 saturated heterocycles. The maximum atomic E-state index is 11.0. The van der Waals surface area contributed by atoms with Crippen LogP contribution in [0.3, 0.4) is 0 Å². The van der Waals surface area contributed by atoms with E-state index >= 15 is 0 Å². The molecule has 0 aliphatic carbocycles. The van der Waals surface area contributed by atoms with Crippen molar-refractivity contribution in [3.63, 3.8) is 0 Å². The van der Waals surface area contributed by atoms with Gasteiger partial charge in [-0.15, -0.1) is 0 Å². The summed E-state index contributed by atoms with van der Waals surface area (Å²) >= 11 is 0. The lowest BCUT2D eigenvalue weighted by molar-refractivity contribution is -0.140. The number of carboxylic acids is 1. The van der Waals surface area contributed by atoms with Crippen molar-refractivity contribution < 1.29 is 20.0 Å². The zero-order chi connectivity index (χ0) is 11.4. The summed E-state index contributed by atoms with van der Waals surface area (Å²) in [6.45, 7) is 3.68. The third-order valence-corrected chi connectivity index (χ3v) is 2.26. The van der Waals surface area contributed by atoms with Crippen molar-refractivity contribution in [2.24, 2.45) is 5.92 Å². The number of hydrogen-bond donors (Lipinski definition) is 2. The van der Waals surface area contributed by atoms with Crippen LogP contribution in [0.25, 0.3) is 0 Å².